The predicted octanol–water partition coefficient (Wildman–Crippen LogP) is 4.89. The third kappa shape index (κ3) is 5.12. The van der Waals surface area contributed by atoms with E-state index in [1.807, 2.05) is 6.07 Å². The van der Waals surface area contributed by atoms with Gasteiger partial charge in [0.1, 0.15) is 6.54 Å². The summed E-state index contributed by atoms with van der Waals surface area (Å²) in [6.07, 6.45) is 0. The van der Waals surface area contributed by atoms with E-state index in [9.17, 15) is 13.2 Å². The van der Waals surface area contributed by atoms with Crippen LogP contribution in [0.3, 0.4) is 0 Å². The van der Waals surface area contributed by atoms with Crippen molar-refractivity contribution in [3.05, 3.63) is 86.9 Å². The number of carbonyl (C=O) groups is 1. The number of nitrogens with one attached hydrogen (secondary N) is 1. The van der Waals surface area contributed by atoms with E-state index in [0.717, 1.165) is 12.3 Å². The monoisotopic (exact) mass is 570 g/mol. The molecule has 0 bridgehead atoms. The third-order valence-electron chi connectivity index (χ3n) is 3.84. The molecule has 0 aliphatic rings. The lowest BCUT2D eigenvalue weighted by molar-refractivity contribution is -0.114. The minimum Gasteiger partial charge on any atom is -0.324 e. The lowest BCUT2D eigenvalue weighted by atomic mass is 10.3. The van der Waals surface area contributed by atoms with Crippen molar-refractivity contribution >= 4 is 65.8 Å². The smallest absolute Gasteiger partial charge is 0.264 e. The molecule has 8 heteroatoms. The lowest BCUT2D eigenvalue weighted by Crippen LogP contribution is -2.38. The highest BCUT2D eigenvalue weighted by Crippen LogP contribution is 2.25. The third-order valence-corrected chi connectivity index (χ3v) is 6.84. The number of sulfonamides is 1. The number of anilines is 2. The van der Waals surface area contributed by atoms with Crippen LogP contribution in [0.5, 0.6) is 0 Å². The fourth-order valence-electron chi connectivity index (χ4n) is 2.54. The van der Waals surface area contributed by atoms with Gasteiger partial charge in [-0.05, 0) is 77.2 Å². The van der Waals surface area contributed by atoms with Gasteiger partial charge in [-0.15, -0.1) is 0 Å². The lowest BCUT2D eigenvalue weighted by Gasteiger charge is -2.24. The number of nitrogens with zero attached hydrogens (tertiary/aromatic N) is 1. The second-order valence-electron chi connectivity index (χ2n) is 5.86. The summed E-state index contributed by atoms with van der Waals surface area (Å²) >= 11 is 5.49. The van der Waals surface area contributed by atoms with E-state index in [1.54, 1.807) is 60.7 Å². The number of benzene rings is 3. The van der Waals surface area contributed by atoms with Gasteiger partial charge in [0.15, 0.2) is 0 Å². The minimum atomic E-state index is -3.90. The molecule has 3 aromatic rings. The van der Waals surface area contributed by atoms with Crippen LogP contribution >= 0.6 is 38.5 Å². The summed E-state index contributed by atoms with van der Waals surface area (Å²) in [5.74, 6) is -0.434. The maximum atomic E-state index is 13.2. The molecule has 0 atom stereocenters. The summed E-state index contributed by atoms with van der Waals surface area (Å²) in [5, 5.41) is 2.74. The standard InChI is InChI=1S/C20H16BrIN2O3S/c21-15-5-4-6-17(13-15)23-20(25)14-24(18-11-9-16(22)10-12-18)28(26,27)19-7-2-1-3-8-19/h1-13H,14H2,(H,23,25). The van der Waals surface area contributed by atoms with E-state index < -0.39 is 15.9 Å². The average molecular weight is 571 g/mol. The molecular weight excluding hydrogens is 555 g/mol. The van der Waals surface area contributed by atoms with Crippen LogP contribution in [0.15, 0.2) is 88.2 Å². The van der Waals surface area contributed by atoms with Crippen LogP contribution in [0.25, 0.3) is 0 Å². The first-order valence-electron chi connectivity index (χ1n) is 8.25. The first-order chi connectivity index (χ1) is 13.4. The van der Waals surface area contributed by atoms with Crippen molar-refractivity contribution in [2.45, 2.75) is 4.90 Å². The van der Waals surface area contributed by atoms with E-state index in [2.05, 4.69) is 43.8 Å². The molecule has 1 amide bonds. The summed E-state index contributed by atoms with van der Waals surface area (Å²) in [4.78, 5) is 12.7. The number of rotatable bonds is 6. The molecule has 1 N–H and O–H groups in total. The number of hydrogen-bond donors (Lipinski definition) is 1. The van der Waals surface area contributed by atoms with Crippen molar-refractivity contribution in [3.8, 4) is 0 Å². The van der Waals surface area contributed by atoms with Crippen LogP contribution in [-0.2, 0) is 14.8 Å². The van der Waals surface area contributed by atoms with E-state index in [4.69, 9.17) is 0 Å². The largest absolute Gasteiger partial charge is 0.324 e. The minimum absolute atomic E-state index is 0.129. The molecular formula is C20H16BrIN2O3S. The Morgan fingerprint density at radius 3 is 2.29 bits per heavy atom. The van der Waals surface area contributed by atoms with Crippen LogP contribution in [0.1, 0.15) is 0 Å². The van der Waals surface area contributed by atoms with E-state index in [0.29, 0.717) is 11.4 Å². The molecule has 28 heavy (non-hydrogen) atoms. The molecule has 3 aromatic carbocycles. The van der Waals surface area contributed by atoms with Crippen molar-refractivity contribution in [3.63, 3.8) is 0 Å². The van der Waals surface area contributed by atoms with Crippen molar-refractivity contribution in [1.29, 1.82) is 0 Å². The van der Waals surface area contributed by atoms with Crippen molar-refractivity contribution in [1.82, 2.24) is 0 Å². The summed E-state index contributed by atoms with van der Waals surface area (Å²) < 4.78 is 29.3. The van der Waals surface area contributed by atoms with Gasteiger partial charge >= 0.3 is 0 Å². The Morgan fingerprint density at radius 1 is 0.964 bits per heavy atom. The maximum absolute atomic E-state index is 13.2. The molecule has 0 aliphatic heterocycles. The van der Waals surface area contributed by atoms with Crippen LogP contribution in [0, 0.1) is 3.57 Å². The molecule has 0 aromatic heterocycles. The number of halogens is 2. The fraction of sp³-hybridized carbons (Fsp3) is 0.0500. The van der Waals surface area contributed by atoms with Crippen LogP contribution < -0.4 is 9.62 Å². The number of hydrogen-bond acceptors (Lipinski definition) is 3. The zero-order chi connectivity index (χ0) is 20.1. The summed E-state index contributed by atoms with van der Waals surface area (Å²) in [7, 11) is -3.90. The zero-order valence-electron chi connectivity index (χ0n) is 14.5. The van der Waals surface area contributed by atoms with Crippen molar-refractivity contribution < 1.29 is 13.2 Å². The summed E-state index contributed by atoms with van der Waals surface area (Å²) in [5.41, 5.74) is 1.01. The van der Waals surface area contributed by atoms with Crippen LogP contribution in [0.4, 0.5) is 11.4 Å². The second-order valence-corrected chi connectivity index (χ2v) is 9.88. The highest BCUT2D eigenvalue weighted by Gasteiger charge is 2.27. The van der Waals surface area contributed by atoms with Gasteiger partial charge in [-0.1, -0.05) is 40.2 Å². The van der Waals surface area contributed by atoms with Gasteiger partial charge in [0.25, 0.3) is 10.0 Å². The van der Waals surface area contributed by atoms with E-state index in [1.165, 1.54) is 12.1 Å². The molecule has 0 fully saturated rings. The Hall–Kier alpha value is -1.91. The van der Waals surface area contributed by atoms with Gasteiger partial charge in [0.05, 0.1) is 10.6 Å². The topological polar surface area (TPSA) is 66.5 Å². The molecule has 5 nitrogen and oxygen atoms in total. The molecule has 0 aliphatic carbocycles. The molecule has 144 valence electrons. The summed E-state index contributed by atoms with van der Waals surface area (Å²) in [6, 6.07) is 22.2. The zero-order valence-corrected chi connectivity index (χ0v) is 19.1. The Bertz CT molecular complexity index is 1070. The van der Waals surface area contributed by atoms with Crippen molar-refractivity contribution in [2.24, 2.45) is 0 Å². The van der Waals surface area contributed by atoms with Gasteiger partial charge in [-0.2, -0.15) is 0 Å². The van der Waals surface area contributed by atoms with Gasteiger partial charge < -0.3 is 5.32 Å². The first kappa shape index (κ1) is 20.8. The Kier molecular flexibility index (Phi) is 6.73. The summed E-state index contributed by atoms with van der Waals surface area (Å²) in [6.45, 7) is -0.343. The highest BCUT2D eigenvalue weighted by molar-refractivity contribution is 14.1. The maximum Gasteiger partial charge on any atom is 0.264 e. The van der Waals surface area contributed by atoms with E-state index >= 15 is 0 Å². The Balaban J connectivity index is 1.92. The number of carbonyl (C=O) groups excluding carboxylic acids is 1. The Morgan fingerprint density at radius 2 is 1.64 bits per heavy atom. The second kappa shape index (κ2) is 9.06. The molecule has 0 heterocycles. The van der Waals surface area contributed by atoms with Gasteiger partial charge in [-0.25, -0.2) is 8.42 Å². The fourth-order valence-corrected chi connectivity index (χ4v) is 4.74. The number of amides is 1. The van der Waals surface area contributed by atoms with Gasteiger partial charge in [-0.3, -0.25) is 9.10 Å². The molecule has 0 unspecified atom stereocenters. The average Bonchev–Trinajstić information content (AvgIpc) is 2.67. The SMILES string of the molecule is O=C(CN(c1ccc(I)cc1)S(=O)(=O)c1ccccc1)Nc1cccc(Br)c1. The molecule has 0 saturated carbocycles. The quantitative estimate of drug-likeness (QED) is 0.429. The van der Waals surface area contributed by atoms with Crippen molar-refractivity contribution in [2.75, 3.05) is 16.2 Å². The normalized spacial score (nSPS) is 11.1. The van der Waals surface area contributed by atoms with Crippen LogP contribution in [0.2, 0.25) is 0 Å². The molecule has 3 rings (SSSR count). The molecule has 0 saturated heterocycles. The first-order valence-corrected chi connectivity index (χ1v) is 11.6. The molecule has 0 spiro atoms. The molecule has 0 radical (unpaired) electrons. The van der Waals surface area contributed by atoms with Gasteiger partial charge in [0, 0.05) is 13.7 Å². The predicted molar refractivity (Wildman–Crippen MR) is 123 cm³/mol. The van der Waals surface area contributed by atoms with Crippen LogP contribution in [-0.4, -0.2) is 20.9 Å². The van der Waals surface area contributed by atoms with E-state index in [-0.39, 0.29) is 11.4 Å². The van der Waals surface area contributed by atoms with Gasteiger partial charge in [0.2, 0.25) is 5.91 Å². The Labute approximate surface area is 186 Å². The highest BCUT2D eigenvalue weighted by atomic mass is 127.